The Labute approximate surface area is 191 Å². The number of rotatable bonds is 6. The SMILES string of the molecule is CCOC(=O)c1c(NC(=O)C(C(F)(F)F)C(F)(F)F)sc(C(=O)Nc2cccc(Cl)c2)c1C. The number of hydrogen-bond donors (Lipinski definition) is 2. The second kappa shape index (κ2) is 10.00. The minimum atomic E-state index is -5.94. The summed E-state index contributed by atoms with van der Waals surface area (Å²) in [6.07, 6.45) is -11.9. The van der Waals surface area contributed by atoms with Gasteiger partial charge in [-0.15, -0.1) is 11.3 Å². The highest BCUT2D eigenvalue weighted by Crippen LogP contribution is 2.41. The number of thiophene rings is 1. The molecule has 1 aromatic heterocycles. The molecule has 0 atom stereocenters. The Morgan fingerprint density at radius 3 is 2.21 bits per heavy atom. The number of carbonyl (C=O) groups is 3. The van der Waals surface area contributed by atoms with Crippen molar-refractivity contribution in [2.24, 2.45) is 5.92 Å². The number of nitrogens with one attached hydrogen (secondary N) is 2. The smallest absolute Gasteiger partial charge is 0.409 e. The van der Waals surface area contributed by atoms with Crippen molar-refractivity contribution in [2.75, 3.05) is 17.2 Å². The van der Waals surface area contributed by atoms with E-state index >= 15 is 0 Å². The largest absolute Gasteiger partial charge is 0.462 e. The van der Waals surface area contributed by atoms with E-state index in [2.05, 4.69) is 5.32 Å². The highest BCUT2D eigenvalue weighted by atomic mass is 35.5. The molecule has 180 valence electrons. The third-order valence-corrected chi connectivity index (χ3v) is 5.51. The molecule has 0 fully saturated rings. The van der Waals surface area contributed by atoms with E-state index in [0.29, 0.717) is 11.3 Å². The van der Waals surface area contributed by atoms with Crippen LogP contribution in [0.4, 0.5) is 37.0 Å². The van der Waals surface area contributed by atoms with Gasteiger partial charge in [-0.25, -0.2) is 4.79 Å². The molecule has 2 rings (SSSR count). The van der Waals surface area contributed by atoms with Crippen LogP contribution < -0.4 is 10.6 Å². The molecule has 2 N–H and O–H groups in total. The van der Waals surface area contributed by atoms with E-state index in [-0.39, 0.29) is 27.8 Å². The van der Waals surface area contributed by atoms with E-state index in [1.54, 1.807) is 0 Å². The van der Waals surface area contributed by atoms with Crippen LogP contribution in [0.25, 0.3) is 0 Å². The van der Waals surface area contributed by atoms with Gasteiger partial charge in [0, 0.05) is 10.7 Å². The number of hydrogen-bond acceptors (Lipinski definition) is 5. The van der Waals surface area contributed by atoms with Crippen molar-refractivity contribution in [1.82, 2.24) is 0 Å². The molecule has 0 saturated carbocycles. The molecule has 0 spiro atoms. The monoisotopic (exact) mass is 516 g/mol. The molecule has 6 nitrogen and oxygen atoms in total. The third-order valence-electron chi connectivity index (χ3n) is 4.07. The summed E-state index contributed by atoms with van der Waals surface area (Å²) >= 11 is 6.16. The van der Waals surface area contributed by atoms with Crippen LogP contribution in [0.2, 0.25) is 5.02 Å². The van der Waals surface area contributed by atoms with Gasteiger partial charge in [-0.2, -0.15) is 26.3 Å². The minimum Gasteiger partial charge on any atom is -0.462 e. The van der Waals surface area contributed by atoms with Gasteiger partial charge in [0.15, 0.2) is 0 Å². The van der Waals surface area contributed by atoms with Gasteiger partial charge in [0.25, 0.3) is 5.91 Å². The lowest BCUT2D eigenvalue weighted by Gasteiger charge is -2.21. The van der Waals surface area contributed by atoms with E-state index in [0.717, 1.165) is 0 Å². The zero-order valence-electron chi connectivity index (χ0n) is 16.8. The second-order valence-electron chi connectivity index (χ2n) is 6.45. The van der Waals surface area contributed by atoms with E-state index in [4.69, 9.17) is 16.3 Å². The third kappa shape index (κ3) is 6.38. The summed E-state index contributed by atoms with van der Waals surface area (Å²) in [6, 6.07) is 5.90. The van der Waals surface area contributed by atoms with Crippen LogP contribution >= 0.6 is 22.9 Å². The van der Waals surface area contributed by atoms with Crippen LogP contribution in [0, 0.1) is 12.8 Å². The highest BCUT2D eigenvalue weighted by Gasteiger charge is 2.61. The summed E-state index contributed by atoms with van der Waals surface area (Å²) in [5, 5.41) is 3.52. The predicted molar refractivity (Wildman–Crippen MR) is 109 cm³/mol. The Bertz CT molecular complexity index is 1050. The topological polar surface area (TPSA) is 84.5 Å². The van der Waals surface area contributed by atoms with Crippen LogP contribution in [0.5, 0.6) is 0 Å². The Hall–Kier alpha value is -2.80. The van der Waals surface area contributed by atoms with Crippen LogP contribution in [0.15, 0.2) is 24.3 Å². The average molecular weight is 517 g/mol. The van der Waals surface area contributed by atoms with E-state index in [9.17, 15) is 40.7 Å². The Balaban J connectivity index is 2.47. The maximum atomic E-state index is 12.9. The van der Waals surface area contributed by atoms with Crippen molar-refractivity contribution >= 4 is 51.4 Å². The maximum Gasteiger partial charge on any atom is 0.409 e. The molecule has 2 amide bonds. The van der Waals surface area contributed by atoms with Crippen LogP contribution in [-0.2, 0) is 9.53 Å². The average Bonchev–Trinajstić information content (AvgIpc) is 2.95. The Kier molecular flexibility index (Phi) is 8.01. The number of amides is 2. The second-order valence-corrected chi connectivity index (χ2v) is 7.91. The molecule has 0 bridgehead atoms. The molecule has 1 heterocycles. The molecule has 2 aromatic rings. The molecule has 0 radical (unpaired) electrons. The van der Waals surface area contributed by atoms with E-state index in [1.165, 1.54) is 43.4 Å². The summed E-state index contributed by atoms with van der Waals surface area (Å²) in [7, 11) is 0. The molecule has 33 heavy (non-hydrogen) atoms. The summed E-state index contributed by atoms with van der Waals surface area (Å²) in [4.78, 5) is 36.7. The summed E-state index contributed by atoms with van der Waals surface area (Å²) in [5.41, 5.74) is -0.406. The van der Waals surface area contributed by atoms with Crippen molar-refractivity contribution in [3.8, 4) is 0 Å². The molecule has 0 aliphatic rings. The van der Waals surface area contributed by atoms with Crippen molar-refractivity contribution < 1.29 is 45.5 Å². The fraction of sp³-hybridized carbons (Fsp3) is 0.316. The van der Waals surface area contributed by atoms with Gasteiger partial charge in [0.2, 0.25) is 11.8 Å². The molecular weight excluding hydrogens is 502 g/mol. The number of ether oxygens (including phenoxy) is 1. The van der Waals surface area contributed by atoms with Crippen LogP contribution in [0.3, 0.4) is 0 Å². The van der Waals surface area contributed by atoms with Crippen LogP contribution in [-0.4, -0.2) is 36.7 Å². The van der Waals surface area contributed by atoms with Gasteiger partial charge in [-0.3, -0.25) is 9.59 Å². The van der Waals surface area contributed by atoms with Gasteiger partial charge < -0.3 is 15.4 Å². The number of halogens is 7. The standard InChI is InChI=1S/C19H15ClF6N2O4S/c1-3-32-17(31)11-8(2)12(14(29)27-10-6-4-5-9(20)7-10)33-16(11)28-15(30)13(18(21,22)23)19(24,25)26/h4-7,13H,3H2,1-2H3,(H,27,29)(H,28,30). The first-order chi connectivity index (χ1) is 15.2. The first-order valence-electron chi connectivity index (χ1n) is 8.98. The van der Waals surface area contributed by atoms with Gasteiger partial charge in [-0.05, 0) is 37.6 Å². The first kappa shape index (κ1) is 26.5. The maximum absolute atomic E-state index is 12.9. The number of alkyl halides is 6. The molecule has 0 saturated heterocycles. The normalized spacial score (nSPS) is 11.9. The lowest BCUT2D eigenvalue weighted by Crippen LogP contribution is -2.45. The molecule has 1 aromatic carbocycles. The van der Waals surface area contributed by atoms with Crippen molar-refractivity contribution in [2.45, 2.75) is 26.2 Å². The number of anilines is 2. The lowest BCUT2D eigenvalue weighted by molar-refractivity contribution is -0.272. The van der Waals surface area contributed by atoms with Crippen molar-refractivity contribution in [3.63, 3.8) is 0 Å². The molecule has 14 heteroatoms. The molecular formula is C19H15ClF6N2O4S. The highest BCUT2D eigenvalue weighted by molar-refractivity contribution is 7.19. The summed E-state index contributed by atoms with van der Waals surface area (Å²) in [5.74, 6) is -8.78. The molecule has 0 aliphatic carbocycles. The summed E-state index contributed by atoms with van der Waals surface area (Å²) < 4.78 is 82.1. The van der Waals surface area contributed by atoms with Crippen molar-refractivity contribution in [1.29, 1.82) is 0 Å². The van der Waals surface area contributed by atoms with E-state index < -0.39 is 46.6 Å². The quantitative estimate of drug-likeness (QED) is 0.374. The zero-order valence-corrected chi connectivity index (χ0v) is 18.4. The first-order valence-corrected chi connectivity index (χ1v) is 10.2. The lowest BCUT2D eigenvalue weighted by atomic mass is 10.1. The number of esters is 1. The van der Waals surface area contributed by atoms with E-state index in [1.807, 2.05) is 0 Å². The Morgan fingerprint density at radius 1 is 1.09 bits per heavy atom. The number of benzene rings is 1. The van der Waals surface area contributed by atoms with Gasteiger partial charge >= 0.3 is 18.3 Å². The van der Waals surface area contributed by atoms with Gasteiger partial charge in [-0.1, -0.05) is 17.7 Å². The summed E-state index contributed by atoms with van der Waals surface area (Å²) in [6.45, 7) is 2.46. The van der Waals surface area contributed by atoms with Gasteiger partial charge in [0.1, 0.15) is 5.00 Å². The predicted octanol–water partition coefficient (Wildman–Crippen LogP) is 5.82. The fourth-order valence-electron chi connectivity index (χ4n) is 2.69. The van der Waals surface area contributed by atoms with Crippen LogP contribution in [0.1, 0.15) is 32.5 Å². The van der Waals surface area contributed by atoms with Crippen molar-refractivity contribution in [3.05, 3.63) is 45.3 Å². The molecule has 0 aliphatic heterocycles. The van der Waals surface area contributed by atoms with Gasteiger partial charge in [0.05, 0.1) is 17.0 Å². The minimum absolute atomic E-state index is 0.108. The Morgan fingerprint density at radius 2 is 1.70 bits per heavy atom. The fourth-order valence-corrected chi connectivity index (χ4v) is 3.97. The molecule has 0 unspecified atom stereocenters. The zero-order chi connectivity index (χ0) is 25.1. The number of carbonyl (C=O) groups excluding carboxylic acids is 3.